The Kier molecular flexibility index (Phi) is 1.98. The van der Waals surface area contributed by atoms with E-state index in [2.05, 4.69) is 25.9 Å². The first-order valence-corrected chi connectivity index (χ1v) is 4.62. The van der Waals surface area contributed by atoms with Crippen molar-refractivity contribution in [3.8, 4) is 6.07 Å². The second-order valence-electron chi connectivity index (χ2n) is 2.49. The molecule has 2 aromatic rings. The molecule has 0 fully saturated rings. The van der Waals surface area contributed by atoms with Gasteiger partial charge in [-0.25, -0.2) is 4.98 Å². The lowest BCUT2D eigenvalue weighted by atomic mass is 10.2. The highest BCUT2D eigenvalue weighted by Gasteiger charge is 2.06. The van der Waals surface area contributed by atoms with Crippen LogP contribution in [0.4, 0.5) is 0 Å². The number of aromatic amines is 1. The van der Waals surface area contributed by atoms with Gasteiger partial charge in [0, 0.05) is 0 Å². The lowest BCUT2D eigenvalue weighted by molar-refractivity contribution is 1.27. The van der Waals surface area contributed by atoms with Crippen molar-refractivity contribution >= 4 is 38.6 Å². The van der Waals surface area contributed by atoms with Crippen molar-refractivity contribution in [3.05, 3.63) is 27.5 Å². The maximum atomic E-state index is 8.67. The second kappa shape index (κ2) is 3.02. The van der Waals surface area contributed by atoms with Gasteiger partial charge in [0.1, 0.15) is 5.52 Å². The Hall–Kier alpha value is -1.05. The zero-order valence-electron chi connectivity index (χ0n) is 6.31. The Bertz CT molecular complexity index is 512. The van der Waals surface area contributed by atoms with Crippen LogP contribution < -0.4 is 0 Å². The molecule has 5 heteroatoms. The van der Waals surface area contributed by atoms with E-state index in [4.69, 9.17) is 16.9 Å². The van der Waals surface area contributed by atoms with E-state index in [9.17, 15) is 0 Å². The minimum Gasteiger partial charge on any atom is -0.332 e. The van der Waals surface area contributed by atoms with E-state index in [1.807, 2.05) is 6.07 Å². The van der Waals surface area contributed by atoms with E-state index in [1.54, 1.807) is 12.1 Å². The first-order chi connectivity index (χ1) is 6.20. The first-order valence-electron chi connectivity index (χ1n) is 3.45. The van der Waals surface area contributed by atoms with Crippen molar-refractivity contribution in [1.29, 1.82) is 5.26 Å². The summed E-state index contributed by atoms with van der Waals surface area (Å²) in [4.78, 5) is 7.05. The lowest BCUT2D eigenvalue weighted by Gasteiger charge is -1.92. The summed E-state index contributed by atoms with van der Waals surface area (Å²) >= 11 is 9.10. The number of H-pyrrole nitrogens is 1. The third-order valence-electron chi connectivity index (χ3n) is 1.64. The van der Waals surface area contributed by atoms with Gasteiger partial charge in [0.05, 0.1) is 22.2 Å². The number of imidazole rings is 1. The molecule has 0 aliphatic heterocycles. The molecule has 0 unspecified atom stereocenters. The fourth-order valence-corrected chi connectivity index (χ4v) is 1.76. The fourth-order valence-electron chi connectivity index (χ4n) is 1.11. The van der Waals surface area contributed by atoms with Crippen molar-refractivity contribution in [2.24, 2.45) is 0 Å². The maximum absolute atomic E-state index is 8.67. The van der Waals surface area contributed by atoms with Crippen LogP contribution in [0.1, 0.15) is 5.56 Å². The second-order valence-corrected chi connectivity index (χ2v) is 3.65. The molecule has 0 spiro atoms. The largest absolute Gasteiger partial charge is 0.332 e. The van der Waals surface area contributed by atoms with Gasteiger partial charge in [-0.05, 0) is 28.1 Å². The molecule has 0 aliphatic carbocycles. The van der Waals surface area contributed by atoms with Crippen LogP contribution in [0.5, 0.6) is 0 Å². The Morgan fingerprint density at radius 3 is 3.00 bits per heavy atom. The van der Waals surface area contributed by atoms with Crippen LogP contribution >= 0.6 is 27.5 Å². The van der Waals surface area contributed by atoms with Gasteiger partial charge in [0.25, 0.3) is 0 Å². The Labute approximate surface area is 87.5 Å². The SMILES string of the molecule is N#Cc1cc(Cl)c2nc(Br)[nH]c2c1. The van der Waals surface area contributed by atoms with Crippen LogP contribution in [-0.2, 0) is 0 Å². The minimum atomic E-state index is 0.482. The molecule has 0 saturated carbocycles. The van der Waals surface area contributed by atoms with Crippen molar-refractivity contribution in [1.82, 2.24) is 9.97 Å². The van der Waals surface area contributed by atoms with Crippen LogP contribution in [0, 0.1) is 11.3 Å². The number of hydrogen-bond acceptors (Lipinski definition) is 2. The number of benzene rings is 1. The number of halogens is 2. The highest BCUT2D eigenvalue weighted by Crippen LogP contribution is 2.24. The predicted molar refractivity (Wildman–Crippen MR) is 53.5 cm³/mol. The Balaban J connectivity index is 2.85. The number of rotatable bonds is 0. The monoisotopic (exact) mass is 255 g/mol. The smallest absolute Gasteiger partial charge is 0.175 e. The van der Waals surface area contributed by atoms with Gasteiger partial charge in [-0.15, -0.1) is 0 Å². The Morgan fingerprint density at radius 2 is 2.31 bits per heavy atom. The zero-order valence-corrected chi connectivity index (χ0v) is 8.65. The molecule has 13 heavy (non-hydrogen) atoms. The van der Waals surface area contributed by atoms with Crippen molar-refractivity contribution in [2.45, 2.75) is 0 Å². The molecule has 0 bridgehead atoms. The van der Waals surface area contributed by atoms with Gasteiger partial charge in [-0.1, -0.05) is 11.6 Å². The number of nitrogens with zero attached hydrogens (tertiary/aromatic N) is 2. The maximum Gasteiger partial charge on any atom is 0.175 e. The third-order valence-corrected chi connectivity index (χ3v) is 2.30. The van der Waals surface area contributed by atoms with E-state index in [-0.39, 0.29) is 0 Å². The summed E-state index contributed by atoms with van der Waals surface area (Å²) in [7, 11) is 0. The average Bonchev–Trinajstić information content (AvgIpc) is 2.46. The number of fused-ring (bicyclic) bond motifs is 1. The van der Waals surface area contributed by atoms with E-state index < -0.39 is 0 Å². The molecule has 2 rings (SSSR count). The van der Waals surface area contributed by atoms with E-state index in [0.29, 0.717) is 20.8 Å². The predicted octanol–water partition coefficient (Wildman–Crippen LogP) is 2.85. The standard InChI is InChI=1S/C8H3BrClN3/c9-8-12-6-2-4(3-11)1-5(10)7(6)13-8/h1-2H,(H,12,13). The van der Waals surface area contributed by atoms with Crippen LogP contribution in [-0.4, -0.2) is 9.97 Å². The molecule has 1 N–H and O–H groups in total. The minimum absolute atomic E-state index is 0.482. The summed E-state index contributed by atoms with van der Waals surface area (Å²) in [6.45, 7) is 0. The summed E-state index contributed by atoms with van der Waals surface area (Å²) in [6.07, 6.45) is 0. The summed E-state index contributed by atoms with van der Waals surface area (Å²) in [5, 5.41) is 9.16. The molecule has 3 nitrogen and oxygen atoms in total. The van der Waals surface area contributed by atoms with E-state index in [1.165, 1.54) is 0 Å². The van der Waals surface area contributed by atoms with Gasteiger partial charge in [-0.2, -0.15) is 5.26 Å². The van der Waals surface area contributed by atoms with Gasteiger partial charge >= 0.3 is 0 Å². The summed E-state index contributed by atoms with van der Waals surface area (Å²) in [6, 6.07) is 5.32. The summed E-state index contributed by atoms with van der Waals surface area (Å²) < 4.78 is 0.611. The molecule has 1 heterocycles. The van der Waals surface area contributed by atoms with Crippen LogP contribution in [0.25, 0.3) is 11.0 Å². The summed E-state index contributed by atoms with van der Waals surface area (Å²) in [5.74, 6) is 0. The van der Waals surface area contributed by atoms with E-state index in [0.717, 1.165) is 5.52 Å². The molecule has 0 atom stereocenters. The fraction of sp³-hybridized carbons (Fsp3) is 0. The number of nitriles is 1. The zero-order chi connectivity index (χ0) is 9.42. The molecule has 0 amide bonds. The molecule has 1 aromatic heterocycles. The lowest BCUT2D eigenvalue weighted by Crippen LogP contribution is -1.76. The van der Waals surface area contributed by atoms with E-state index >= 15 is 0 Å². The first kappa shape index (κ1) is 8.54. The highest BCUT2D eigenvalue weighted by atomic mass is 79.9. The molecular weight excluding hydrogens is 253 g/mol. The van der Waals surface area contributed by atoms with Crippen molar-refractivity contribution in [3.63, 3.8) is 0 Å². The van der Waals surface area contributed by atoms with Crippen LogP contribution in [0.15, 0.2) is 16.9 Å². The highest BCUT2D eigenvalue weighted by molar-refractivity contribution is 9.10. The van der Waals surface area contributed by atoms with Crippen molar-refractivity contribution in [2.75, 3.05) is 0 Å². The van der Waals surface area contributed by atoms with Gasteiger partial charge in [-0.3, -0.25) is 0 Å². The number of hydrogen-bond donors (Lipinski definition) is 1. The topological polar surface area (TPSA) is 52.5 Å². The summed E-state index contributed by atoms with van der Waals surface area (Å²) in [5.41, 5.74) is 1.96. The van der Waals surface area contributed by atoms with Gasteiger partial charge in [0.2, 0.25) is 0 Å². The van der Waals surface area contributed by atoms with Crippen LogP contribution in [0.2, 0.25) is 5.02 Å². The molecule has 64 valence electrons. The Morgan fingerprint density at radius 1 is 1.54 bits per heavy atom. The molecule has 0 aliphatic rings. The van der Waals surface area contributed by atoms with Crippen LogP contribution in [0.3, 0.4) is 0 Å². The number of aromatic nitrogens is 2. The van der Waals surface area contributed by atoms with Gasteiger partial charge in [0.15, 0.2) is 4.73 Å². The quantitative estimate of drug-likeness (QED) is 0.788. The molecule has 0 saturated heterocycles. The third kappa shape index (κ3) is 1.41. The number of nitrogens with one attached hydrogen (secondary N) is 1. The molecule has 0 radical (unpaired) electrons. The van der Waals surface area contributed by atoms with Gasteiger partial charge < -0.3 is 4.98 Å². The molecular formula is C8H3BrClN3. The van der Waals surface area contributed by atoms with Crippen molar-refractivity contribution < 1.29 is 0 Å². The molecule has 1 aromatic carbocycles. The normalized spacial score (nSPS) is 10.2. The average molecular weight is 256 g/mol.